The maximum atomic E-state index is 12.9. The molecule has 1 aromatic carbocycles. The van der Waals surface area contributed by atoms with Crippen LogP contribution in [0.3, 0.4) is 0 Å². The molecule has 0 bridgehead atoms. The summed E-state index contributed by atoms with van der Waals surface area (Å²) in [5.74, 6) is -2.87. The van der Waals surface area contributed by atoms with Gasteiger partial charge in [0.05, 0.1) is 6.61 Å². The van der Waals surface area contributed by atoms with E-state index in [1.807, 2.05) is 6.07 Å². The van der Waals surface area contributed by atoms with Gasteiger partial charge in [0.2, 0.25) is 0 Å². The van der Waals surface area contributed by atoms with Gasteiger partial charge >= 0.3 is 30.0 Å². The van der Waals surface area contributed by atoms with E-state index in [2.05, 4.69) is 5.32 Å². The van der Waals surface area contributed by atoms with Gasteiger partial charge in [-0.05, 0) is 26.3 Å². The Bertz CT molecular complexity index is 1010. The lowest BCUT2D eigenvalue weighted by Crippen LogP contribution is -2.48. The van der Waals surface area contributed by atoms with Crippen molar-refractivity contribution in [2.45, 2.75) is 84.4 Å². The van der Waals surface area contributed by atoms with E-state index in [1.165, 1.54) is 6.92 Å². The molecular formula is C26H35NO12. The average molecular weight is 554 g/mol. The van der Waals surface area contributed by atoms with E-state index in [0.29, 0.717) is 0 Å². The van der Waals surface area contributed by atoms with Crippen molar-refractivity contribution in [3.05, 3.63) is 35.9 Å². The van der Waals surface area contributed by atoms with E-state index in [9.17, 15) is 24.0 Å². The second-order valence-electron chi connectivity index (χ2n) is 9.62. The van der Waals surface area contributed by atoms with Gasteiger partial charge in [0.1, 0.15) is 24.9 Å². The van der Waals surface area contributed by atoms with Crippen LogP contribution >= 0.6 is 0 Å². The summed E-state index contributed by atoms with van der Waals surface area (Å²) < 4.78 is 37.6. The minimum absolute atomic E-state index is 0.0449. The molecule has 1 aliphatic rings. The fraction of sp³-hybridized carbons (Fsp3) is 0.577. The lowest BCUT2D eigenvalue weighted by molar-refractivity contribution is -0.195. The van der Waals surface area contributed by atoms with Crippen molar-refractivity contribution >= 4 is 30.0 Å². The minimum atomic E-state index is -1.36. The third kappa shape index (κ3) is 11.3. The Kier molecular flexibility index (Phi) is 11.7. The van der Waals surface area contributed by atoms with Crippen LogP contribution in [0.1, 0.15) is 47.1 Å². The monoisotopic (exact) mass is 553 g/mol. The number of nitrogens with one attached hydrogen (secondary N) is 1. The summed E-state index contributed by atoms with van der Waals surface area (Å²) in [5, 5.41) is 2.41. The summed E-state index contributed by atoms with van der Waals surface area (Å²) in [6.45, 7) is 7.54. The summed E-state index contributed by atoms with van der Waals surface area (Å²) >= 11 is 0. The van der Waals surface area contributed by atoms with Gasteiger partial charge in [-0.1, -0.05) is 30.3 Å². The van der Waals surface area contributed by atoms with Gasteiger partial charge < -0.3 is 38.5 Å². The number of hydrogen-bond acceptors (Lipinski definition) is 12. The minimum Gasteiger partial charge on any atom is -0.463 e. The third-order valence-electron chi connectivity index (χ3n) is 4.95. The van der Waals surface area contributed by atoms with Gasteiger partial charge in [0.15, 0.2) is 24.5 Å². The van der Waals surface area contributed by atoms with E-state index in [1.54, 1.807) is 45.0 Å². The van der Waals surface area contributed by atoms with Crippen molar-refractivity contribution in [2.75, 3.05) is 13.2 Å². The molecule has 0 saturated carbocycles. The van der Waals surface area contributed by atoms with Crippen LogP contribution in [-0.2, 0) is 58.9 Å². The predicted molar refractivity (Wildman–Crippen MR) is 132 cm³/mol. The van der Waals surface area contributed by atoms with E-state index in [4.69, 9.17) is 33.2 Å². The predicted octanol–water partition coefficient (Wildman–Crippen LogP) is 1.79. The number of benzene rings is 1. The summed E-state index contributed by atoms with van der Waals surface area (Å²) in [5.41, 5.74) is -0.151. The molecule has 216 valence electrons. The van der Waals surface area contributed by atoms with Crippen LogP contribution in [-0.4, -0.2) is 79.4 Å². The highest BCUT2D eigenvalue weighted by atomic mass is 16.7. The maximum absolute atomic E-state index is 12.9. The van der Waals surface area contributed by atoms with Crippen LogP contribution in [0.4, 0.5) is 4.79 Å². The summed E-state index contributed by atoms with van der Waals surface area (Å²) in [6, 6.07) is 7.56. The molecule has 1 heterocycles. The highest BCUT2D eigenvalue weighted by Crippen LogP contribution is 2.29. The van der Waals surface area contributed by atoms with Gasteiger partial charge in [-0.2, -0.15) is 0 Å². The normalized spacial score (nSPS) is 21.3. The second kappa shape index (κ2) is 14.4. The van der Waals surface area contributed by atoms with Crippen LogP contribution in [0.2, 0.25) is 0 Å². The largest absolute Gasteiger partial charge is 0.463 e. The lowest BCUT2D eigenvalue weighted by atomic mass is 10.1. The third-order valence-corrected chi connectivity index (χ3v) is 4.95. The van der Waals surface area contributed by atoms with Crippen LogP contribution in [0.5, 0.6) is 0 Å². The SMILES string of the molecule is CC(=O)OC[C@H]1O[C@@H](OC[C@H](NC(=O)OCc2ccccc2)C(=O)OC(C)(C)C)[C@H](OC(C)=O)[C@@H]1OC(C)=O. The van der Waals surface area contributed by atoms with E-state index >= 15 is 0 Å². The van der Waals surface area contributed by atoms with E-state index in [-0.39, 0.29) is 13.2 Å². The maximum Gasteiger partial charge on any atom is 0.408 e. The fourth-order valence-electron chi connectivity index (χ4n) is 3.45. The number of rotatable bonds is 11. The molecule has 1 saturated heterocycles. The summed E-state index contributed by atoms with van der Waals surface area (Å²) in [4.78, 5) is 60.1. The van der Waals surface area contributed by atoms with Crippen molar-refractivity contribution in [2.24, 2.45) is 0 Å². The molecule has 13 heteroatoms. The van der Waals surface area contributed by atoms with Crippen molar-refractivity contribution in [1.29, 1.82) is 0 Å². The molecule has 0 spiro atoms. The summed E-state index contributed by atoms with van der Waals surface area (Å²) in [6.07, 6.45) is -5.76. The number of carbonyl (C=O) groups is 5. The van der Waals surface area contributed by atoms with Crippen molar-refractivity contribution in [1.82, 2.24) is 5.32 Å². The van der Waals surface area contributed by atoms with Crippen LogP contribution in [0, 0.1) is 0 Å². The Morgan fingerprint density at radius 2 is 1.51 bits per heavy atom. The van der Waals surface area contributed by atoms with Crippen molar-refractivity contribution < 1.29 is 57.1 Å². The number of esters is 4. The molecule has 1 N–H and O–H groups in total. The molecule has 0 unspecified atom stereocenters. The fourth-order valence-corrected chi connectivity index (χ4v) is 3.45. The number of ether oxygens (including phenoxy) is 7. The molecule has 13 nitrogen and oxygen atoms in total. The van der Waals surface area contributed by atoms with Crippen LogP contribution < -0.4 is 5.32 Å². The first-order chi connectivity index (χ1) is 18.2. The highest BCUT2D eigenvalue weighted by Gasteiger charge is 2.50. The Morgan fingerprint density at radius 3 is 2.08 bits per heavy atom. The molecule has 0 radical (unpaired) electrons. The van der Waals surface area contributed by atoms with E-state index in [0.717, 1.165) is 19.4 Å². The van der Waals surface area contributed by atoms with Gasteiger partial charge in [0.25, 0.3) is 0 Å². The molecule has 5 atom stereocenters. The lowest BCUT2D eigenvalue weighted by Gasteiger charge is -2.26. The van der Waals surface area contributed by atoms with Crippen LogP contribution in [0.25, 0.3) is 0 Å². The molecule has 39 heavy (non-hydrogen) atoms. The molecule has 2 rings (SSSR count). The van der Waals surface area contributed by atoms with Crippen molar-refractivity contribution in [3.8, 4) is 0 Å². The quantitative estimate of drug-likeness (QED) is 0.313. The first-order valence-electron chi connectivity index (χ1n) is 12.2. The molecule has 0 aromatic heterocycles. The molecule has 1 aromatic rings. The second-order valence-corrected chi connectivity index (χ2v) is 9.62. The first-order valence-corrected chi connectivity index (χ1v) is 12.2. The zero-order valence-corrected chi connectivity index (χ0v) is 22.8. The van der Waals surface area contributed by atoms with Gasteiger partial charge in [0, 0.05) is 20.8 Å². The summed E-state index contributed by atoms with van der Waals surface area (Å²) in [7, 11) is 0. The zero-order chi connectivity index (χ0) is 29.2. The standard InChI is InChI=1S/C26H35NO12/c1-15(28)33-14-20-21(36-16(2)29)22(37-17(3)30)24(38-20)34-13-19(23(31)39-26(4,5)6)27-25(32)35-12-18-10-8-7-9-11-18/h7-11,19-22,24H,12-14H2,1-6H3,(H,27,32)/t19-,20+,21+,22+,24+/m0/s1. The van der Waals surface area contributed by atoms with Gasteiger partial charge in [-0.3, -0.25) is 14.4 Å². The number of carbonyl (C=O) groups excluding carboxylic acids is 5. The van der Waals surface area contributed by atoms with Gasteiger partial charge in [-0.15, -0.1) is 0 Å². The average Bonchev–Trinajstić information content (AvgIpc) is 3.13. The molecule has 1 aliphatic heterocycles. The Hall–Kier alpha value is -3.71. The van der Waals surface area contributed by atoms with Crippen LogP contribution in [0.15, 0.2) is 30.3 Å². The number of alkyl carbamates (subject to hydrolysis) is 1. The molecule has 0 aliphatic carbocycles. The van der Waals surface area contributed by atoms with E-state index < -0.39 is 72.8 Å². The highest BCUT2D eigenvalue weighted by molar-refractivity contribution is 5.81. The van der Waals surface area contributed by atoms with Crippen molar-refractivity contribution in [3.63, 3.8) is 0 Å². The van der Waals surface area contributed by atoms with Gasteiger partial charge in [-0.25, -0.2) is 9.59 Å². The zero-order valence-electron chi connectivity index (χ0n) is 22.8. The molecule has 1 fully saturated rings. The Morgan fingerprint density at radius 1 is 0.897 bits per heavy atom. The number of hydrogen-bond donors (Lipinski definition) is 1. The molecular weight excluding hydrogens is 518 g/mol. The first kappa shape index (κ1) is 31.5. The smallest absolute Gasteiger partial charge is 0.408 e. The molecule has 1 amide bonds. The Balaban J connectivity index is 2.17. The Labute approximate surface area is 226 Å². The number of amides is 1. The topological polar surface area (TPSA) is 162 Å².